The maximum atomic E-state index is 8.83. The molecule has 1 fully saturated rings. The zero-order valence-corrected chi connectivity index (χ0v) is 15.6. The van der Waals surface area contributed by atoms with Gasteiger partial charge in [0.1, 0.15) is 0 Å². The molecule has 0 spiro atoms. The topological polar surface area (TPSA) is 60.5 Å². The molecule has 6 heteroatoms. The molecule has 1 aliphatic heterocycles. The van der Waals surface area contributed by atoms with E-state index in [9.17, 15) is 0 Å². The molecule has 0 unspecified atom stereocenters. The lowest BCUT2D eigenvalue weighted by Crippen LogP contribution is -2.39. The van der Waals surface area contributed by atoms with Gasteiger partial charge in [-0.2, -0.15) is 10.5 Å². The normalized spacial score (nSPS) is 21.7. The van der Waals surface area contributed by atoms with Gasteiger partial charge in [0.25, 0.3) is 0 Å². The minimum atomic E-state index is 0.618. The Labute approximate surface area is 148 Å². The van der Waals surface area contributed by atoms with Crippen LogP contribution in [-0.2, 0) is 0 Å². The molecule has 0 saturated carbocycles. The van der Waals surface area contributed by atoms with Gasteiger partial charge in [0.05, 0.1) is 12.1 Å². The first kappa shape index (κ1) is 20.9. The number of hydrogen-bond acceptors (Lipinski definition) is 6. The van der Waals surface area contributed by atoms with Crippen molar-refractivity contribution in [2.45, 2.75) is 25.7 Å². The second-order valence-electron chi connectivity index (χ2n) is 6.81. The minimum absolute atomic E-state index is 0.618. The van der Waals surface area contributed by atoms with E-state index in [1.807, 2.05) is 0 Å². The molecule has 0 aromatic heterocycles. The van der Waals surface area contributed by atoms with Crippen LogP contribution in [0.4, 0.5) is 0 Å². The van der Waals surface area contributed by atoms with E-state index in [1.54, 1.807) is 0 Å². The molecule has 0 radical (unpaired) electrons. The van der Waals surface area contributed by atoms with Gasteiger partial charge in [-0.05, 0) is 53.1 Å². The molecule has 1 rings (SSSR count). The average molecular weight is 335 g/mol. The highest BCUT2D eigenvalue weighted by atomic mass is 15.2. The van der Waals surface area contributed by atoms with Crippen molar-refractivity contribution in [1.82, 2.24) is 19.6 Å². The summed E-state index contributed by atoms with van der Waals surface area (Å²) < 4.78 is 0. The first-order valence-corrected chi connectivity index (χ1v) is 9.21. The first-order valence-electron chi connectivity index (χ1n) is 9.21. The number of rotatable bonds is 4. The second kappa shape index (κ2) is 13.1. The van der Waals surface area contributed by atoms with Gasteiger partial charge in [-0.3, -0.25) is 0 Å². The lowest BCUT2D eigenvalue weighted by Gasteiger charge is -2.29. The smallest absolute Gasteiger partial charge is 0.0635 e. The molecular weight excluding hydrogens is 300 g/mol. The molecule has 0 N–H and O–H groups in total. The Morgan fingerprint density at radius 1 is 0.625 bits per heavy atom. The van der Waals surface area contributed by atoms with Crippen molar-refractivity contribution in [3.05, 3.63) is 0 Å². The van der Waals surface area contributed by atoms with Crippen molar-refractivity contribution >= 4 is 0 Å². The van der Waals surface area contributed by atoms with Gasteiger partial charge in [-0.25, -0.2) is 0 Å². The summed E-state index contributed by atoms with van der Waals surface area (Å²) in [5.41, 5.74) is 0. The van der Waals surface area contributed by atoms with Gasteiger partial charge >= 0.3 is 0 Å². The summed E-state index contributed by atoms with van der Waals surface area (Å²) in [7, 11) is 4.36. The van der Waals surface area contributed by atoms with Gasteiger partial charge < -0.3 is 19.6 Å². The monoisotopic (exact) mass is 334 g/mol. The van der Waals surface area contributed by atoms with Crippen molar-refractivity contribution in [2.24, 2.45) is 0 Å². The maximum Gasteiger partial charge on any atom is 0.0635 e. The van der Waals surface area contributed by atoms with E-state index in [0.29, 0.717) is 12.8 Å². The fraction of sp³-hybridized carbons (Fsp3) is 0.889. The Morgan fingerprint density at radius 3 is 1.42 bits per heavy atom. The number of likely N-dealkylation sites (N-methyl/N-ethyl adjacent to an activating group) is 2. The third-order valence-electron chi connectivity index (χ3n) is 4.70. The maximum absolute atomic E-state index is 8.83. The van der Waals surface area contributed by atoms with Crippen molar-refractivity contribution in [1.29, 1.82) is 10.5 Å². The SMILES string of the molecule is CN1CCCN(CCC#N)CCN(C)CCCN(CCC#N)CC1. The van der Waals surface area contributed by atoms with Crippen LogP contribution in [0.15, 0.2) is 0 Å². The second-order valence-corrected chi connectivity index (χ2v) is 6.81. The van der Waals surface area contributed by atoms with E-state index >= 15 is 0 Å². The van der Waals surface area contributed by atoms with Crippen molar-refractivity contribution in [2.75, 3.05) is 79.5 Å². The summed E-state index contributed by atoms with van der Waals surface area (Å²) in [4.78, 5) is 9.64. The van der Waals surface area contributed by atoms with Gasteiger partial charge in [0, 0.05) is 52.1 Å². The van der Waals surface area contributed by atoms with Crippen molar-refractivity contribution in [3.63, 3.8) is 0 Å². The van der Waals surface area contributed by atoms with Crippen LogP contribution in [0.25, 0.3) is 0 Å². The number of nitrogens with zero attached hydrogens (tertiary/aromatic N) is 6. The Kier molecular flexibility index (Phi) is 11.4. The van der Waals surface area contributed by atoms with Crippen molar-refractivity contribution < 1.29 is 0 Å². The van der Waals surface area contributed by atoms with E-state index in [-0.39, 0.29) is 0 Å². The molecular formula is C18H34N6. The van der Waals surface area contributed by atoms with Crippen LogP contribution in [0.3, 0.4) is 0 Å². The summed E-state index contributed by atoms with van der Waals surface area (Å²) in [6, 6.07) is 4.53. The molecule has 0 amide bonds. The van der Waals surface area contributed by atoms with E-state index in [2.05, 4.69) is 45.8 Å². The fourth-order valence-electron chi connectivity index (χ4n) is 3.06. The molecule has 0 aromatic carbocycles. The van der Waals surface area contributed by atoms with E-state index in [1.165, 1.54) is 0 Å². The predicted molar refractivity (Wildman–Crippen MR) is 97.6 cm³/mol. The molecule has 24 heavy (non-hydrogen) atoms. The Bertz CT molecular complexity index is 361. The molecule has 1 aliphatic rings. The zero-order valence-electron chi connectivity index (χ0n) is 15.6. The van der Waals surface area contributed by atoms with Crippen LogP contribution in [0.2, 0.25) is 0 Å². The van der Waals surface area contributed by atoms with E-state index in [4.69, 9.17) is 10.5 Å². The quantitative estimate of drug-likeness (QED) is 0.767. The van der Waals surface area contributed by atoms with Crippen LogP contribution >= 0.6 is 0 Å². The van der Waals surface area contributed by atoms with Crippen molar-refractivity contribution in [3.8, 4) is 12.1 Å². The predicted octanol–water partition coefficient (Wildman–Crippen LogP) is 1.08. The highest BCUT2D eigenvalue weighted by molar-refractivity contribution is 4.75. The third kappa shape index (κ3) is 9.85. The van der Waals surface area contributed by atoms with Crippen LogP contribution < -0.4 is 0 Å². The molecule has 1 saturated heterocycles. The summed E-state index contributed by atoms with van der Waals surface area (Å²) in [5, 5.41) is 17.7. The molecule has 136 valence electrons. The third-order valence-corrected chi connectivity index (χ3v) is 4.70. The summed E-state index contributed by atoms with van der Waals surface area (Å²) in [5.74, 6) is 0. The molecule has 0 aromatic rings. The Morgan fingerprint density at radius 2 is 1.04 bits per heavy atom. The van der Waals surface area contributed by atoms with Crippen LogP contribution in [0, 0.1) is 22.7 Å². The zero-order chi connectivity index (χ0) is 17.6. The molecule has 0 bridgehead atoms. The van der Waals surface area contributed by atoms with Gasteiger partial charge in [0.2, 0.25) is 0 Å². The minimum Gasteiger partial charge on any atom is -0.305 e. The van der Waals surface area contributed by atoms with Crippen LogP contribution in [-0.4, -0.2) is 99.1 Å². The lowest BCUT2D eigenvalue weighted by atomic mass is 10.2. The number of nitriles is 2. The molecule has 0 aliphatic carbocycles. The molecule has 6 nitrogen and oxygen atoms in total. The standard InChI is InChI=1S/C18H34N6/c1-21-9-5-13-24(12-4-8-20)18-16-22(2)10-6-14-23(17-15-21)11-3-7-19/h3-6,9-18H2,1-2H3. The molecule has 1 heterocycles. The average Bonchev–Trinajstić information content (AvgIpc) is 2.58. The highest BCUT2D eigenvalue weighted by Gasteiger charge is 2.11. The van der Waals surface area contributed by atoms with Crippen LogP contribution in [0.5, 0.6) is 0 Å². The summed E-state index contributed by atoms with van der Waals surface area (Å²) in [6.45, 7) is 10.3. The Hall–Kier alpha value is -1.18. The van der Waals surface area contributed by atoms with E-state index in [0.717, 1.165) is 78.3 Å². The lowest BCUT2D eigenvalue weighted by molar-refractivity contribution is 0.182. The largest absolute Gasteiger partial charge is 0.305 e. The van der Waals surface area contributed by atoms with Gasteiger partial charge in [0.15, 0.2) is 0 Å². The highest BCUT2D eigenvalue weighted by Crippen LogP contribution is 2.01. The first-order chi connectivity index (χ1) is 11.7. The summed E-state index contributed by atoms with van der Waals surface area (Å²) >= 11 is 0. The van der Waals surface area contributed by atoms with Crippen LogP contribution in [0.1, 0.15) is 25.7 Å². The molecule has 0 atom stereocenters. The fourth-order valence-corrected chi connectivity index (χ4v) is 3.06. The number of hydrogen-bond donors (Lipinski definition) is 0. The summed E-state index contributed by atoms with van der Waals surface area (Å²) in [6.07, 6.45) is 3.52. The van der Waals surface area contributed by atoms with Gasteiger partial charge in [-0.15, -0.1) is 0 Å². The Balaban J connectivity index is 2.52. The van der Waals surface area contributed by atoms with E-state index < -0.39 is 0 Å². The van der Waals surface area contributed by atoms with Gasteiger partial charge in [-0.1, -0.05) is 0 Å².